The average molecular weight is 269 g/mol. The van der Waals surface area contributed by atoms with Crippen LogP contribution in [0.4, 0.5) is 0 Å². The lowest BCUT2D eigenvalue weighted by Crippen LogP contribution is -2.24. The molecule has 0 radical (unpaired) electrons. The summed E-state index contributed by atoms with van der Waals surface area (Å²) in [6, 6.07) is 19.9. The van der Waals surface area contributed by atoms with Gasteiger partial charge in [-0.25, -0.2) is 0 Å². The first-order valence-corrected chi connectivity index (χ1v) is 7.83. The van der Waals surface area contributed by atoms with Gasteiger partial charge in [0.25, 0.3) is 0 Å². The Morgan fingerprint density at radius 2 is 1.84 bits per heavy atom. The van der Waals surface area contributed by atoms with Crippen LogP contribution < -0.4 is 5.32 Å². The van der Waals surface area contributed by atoms with E-state index < -0.39 is 0 Å². The van der Waals surface area contributed by atoms with Crippen LogP contribution in [-0.4, -0.2) is 12.3 Å². The third-order valence-electron chi connectivity index (χ3n) is 3.77. The lowest BCUT2D eigenvalue weighted by Gasteiger charge is -2.18. The number of benzene rings is 2. The molecule has 0 amide bonds. The van der Waals surface area contributed by atoms with Crippen molar-refractivity contribution >= 4 is 11.8 Å². The van der Waals surface area contributed by atoms with Crippen molar-refractivity contribution in [1.29, 1.82) is 0 Å². The minimum absolute atomic E-state index is 0.416. The summed E-state index contributed by atoms with van der Waals surface area (Å²) in [6.45, 7) is 3.30. The van der Waals surface area contributed by atoms with Crippen LogP contribution in [0.2, 0.25) is 0 Å². The first kappa shape index (κ1) is 12.8. The molecule has 0 bridgehead atoms. The minimum atomic E-state index is 0.416. The molecular weight excluding hydrogens is 250 g/mol. The van der Waals surface area contributed by atoms with Crippen LogP contribution >= 0.6 is 11.8 Å². The molecule has 2 aromatic rings. The Hall–Kier alpha value is -1.25. The van der Waals surface area contributed by atoms with E-state index in [2.05, 4.69) is 66.8 Å². The minimum Gasteiger partial charge on any atom is -0.310 e. The summed E-state index contributed by atoms with van der Waals surface area (Å²) >= 11 is 1.98. The second-order valence-electron chi connectivity index (χ2n) is 5.09. The molecule has 1 aliphatic rings. The Morgan fingerprint density at radius 1 is 1.11 bits per heavy atom. The van der Waals surface area contributed by atoms with Gasteiger partial charge in [-0.05, 0) is 24.1 Å². The van der Waals surface area contributed by atoms with Gasteiger partial charge in [0, 0.05) is 29.2 Å². The smallest absolute Gasteiger partial charge is 0.0292 e. The summed E-state index contributed by atoms with van der Waals surface area (Å²) < 4.78 is 0. The van der Waals surface area contributed by atoms with Crippen molar-refractivity contribution in [3.63, 3.8) is 0 Å². The van der Waals surface area contributed by atoms with Crippen LogP contribution in [0.3, 0.4) is 0 Å². The summed E-state index contributed by atoms with van der Waals surface area (Å²) in [5.74, 6) is 1.85. The number of rotatable bonds is 4. The highest BCUT2D eigenvalue weighted by Crippen LogP contribution is 2.39. The number of fused-ring (bicyclic) bond motifs is 1. The van der Waals surface area contributed by atoms with Crippen LogP contribution in [0.5, 0.6) is 0 Å². The van der Waals surface area contributed by atoms with E-state index in [-0.39, 0.29) is 0 Å². The van der Waals surface area contributed by atoms with Gasteiger partial charge in [0.2, 0.25) is 0 Å². The molecule has 0 fully saturated rings. The number of nitrogens with one attached hydrogen (secondary N) is 1. The Bertz CT molecular complexity index is 538. The molecule has 2 aromatic carbocycles. The molecule has 2 heteroatoms. The van der Waals surface area contributed by atoms with Gasteiger partial charge in [0.05, 0.1) is 0 Å². The Labute approximate surface area is 119 Å². The maximum absolute atomic E-state index is 3.67. The fourth-order valence-corrected chi connectivity index (χ4v) is 3.83. The first-order chi connectivity index (χ1) is 9.34. The first-order valence-electron chi connectivity index (χ1n) is 6.84. The monoisotopic (exact) mass is 269 g/mol. The molecule has 3 rings (SSSR count). The van der Waals surface area contributed by atoms with E-state index in [1.54, 1.807) is 0 Å². The summed E-state index contributed by atoms with van der Waals surface area (Å²) in [6.07, 6.45) is 0. The summed E-state index contributed by atoms with van der Waals surface area (Å²) in [7, 11) is 0. The van der Waals surface area contributed by atoms with Crippen LogP contribution in [0.25, 0.3) is 0 Å². The largest absolute Gasteiger partial charge is 0.310 e. The van der Waals surface area contributed by atoms with Crippen molar-refractivity contribution in [1.82, 2.24) is 5.32 Å². The fourth-order valence-electron chi connectivity index (χ4n) is 2.58. The zero-order valence-corrected chi connectivity index (χ0v) is 12.0. The molecule has 1 heterocycles. The van der Waals surface area contributed by atoms with Crippen LogP contribution in [-0.2, 0) is 0 Å². The molecule has 1 unspecified atom stereocenters. The number of hydrogen-bond donors (Lipinski definition) is 1. The quantitative estimate of drug-likeness (QED) is 0.891. The Morgan fingerprint density at radius 3 is 2.68 bits per heavy atom. The van der Waals surface area contributed by atoms with E-state index in [0.717, 1.165) is 6.54 Å². The molecule has 1 N–H and O–H groups in total. The molecule has 0 spiro atoms. The lowest BCUT2D eigenvalue weighted by molar-refractivity contribution is 0.541. The normalized spacial score (nSPS) is 19.1. The molecule has 98 valence electrons. The highest BCUT2D eigenvalue weighted by Gasteiger charge is 2.22. The SMILES string of the molecule is C[C@@H](NCC1CSc2ccccc21)c1ccccc1. The van der Waals surface area contributed by atoms with Gasteiger partial charge in [-0.3, -0.25) is 0 Å². The third kappa shape index (κ3) is 2.85. The van der Waals surface area contributed by atoms with Crippen LogP contribution in [0, 0.1) is 0 Å². The number of thioether (sulfide) groups is 1. The highest BCUT2D eigenvalue weighted by molar-refractivity contribution is 7.99. The molecular formula is C17H19NS. The maximum atomic E-state index is 3.67. The number of hydrogen-bond acceptors (Lipinski definition) is 2. The second kappa shape index (κ2) is 5.81. The standard InChI is InChI=1S/C17H19NS/c1-13(14-7-3-2-4-8-14)18-11-15-12-19-17-10-6-5-9-16(15)17/h2-10,13,15,18H,11-12H2,1H3/t13-,15?/m1/s1. The maximum Gasteiger partial charge on any atom is 0.0292 e. The lowest BCUT2D eigenvalue weighted by atomic mass is 10.0. The van der Waals surface area contributed by atoms with Crippen molar-refractivity contribution in [2.75, 3.05) is 12.3 Å². The molecule has 0 saturated carbocycles. The predicted octanol–water partition coefficient (Wildman–Crippen LogP) is 4.23. The van der Waals surface area contributed by atoms with Crippen molar-refractivity contribution in [2.45, 2.75) is 23.8 Å². The Kier molecular flexibility index (Phi) is 3.90. The van der Waals surface area contributed by atoms with E-state index >= 15 is 0 Å². The average Bonchev–Trinajstić information content (AvgIpc) is 2.89. The van der Waals surface area contributed by atoms with Crippen LogP contribution in [0.1, 0.15) is 30.0 Å². The summed E-state index contributed by atoms with van der Waals surface area (Å²) in [5.41, 5.74) is 2.88. The zero-order valence-electron chi connectivity index (χ0n) is 11.2. The van der Waals surface area contributed by atoms with Gasteiger partial charge in [0.15, 0.2) is 0 Å². The van der Waals surface area contributed by atoms with E-state index in [4.69, 9.17) is 0 Å². The molecule has 0 saturated heterocycles. The van der Waals surface area contributed by atoms with Crippen molar-refractivity contribution in [3.8, 4) is 0 Å². The summed E-state index contributed by atoms with van der Waals surface area (Å²) in [4.78, 5) is 1.46. The van der Waals surface area contributed by atoms with Crippen molar-refractivity contribution in [3.05, 3.63) is 65.7 Å². The van der Waals surface area contributed by atoms with Gasteiger partial charge < -0.3 is 5.32 Å². The Balaban J connectivity index is 1.62. The molecule has 2 atom stereocenters. The third-order valence-corrected chi connectivity index (χ3v) is 5.02. The van der Waals surface area contributed by atoms with E-state index in [0.29, 0.717) is 12.0 Å². The molecule has 19 heavy (non-hydrogen) atoms. The topological polar surface area (TPSA) is 12.0 Å². The summed E-state index contributed by atoms with van der Waals surface area (Å²) in [5, 5.41) is 3.67. The van der Waals surface area contributed by atoms with E-state index in [1.807, 2.05) is 11.8 Å². The van der Waals surface area contributed by atoms with Crippen LogP contribution in [0.15, 0.2) is 59.5 Å². The van der Waals surface area contributed by atoms with Crippen molar-refractivity contribution in [2.24, 2.45) is 0 Å². The molecule has 0 aromatic heterocycles. The van der Waals surface area contributed by atoms with Gasteiger partial charge in [0.1, 0.15) is 0 Å². The van der Waals surface area contributed by atoms with Gasteiger partial charge in [-0.1, -0.05) is 48.5 Å². The highest BCUT2D eigenvalue weighted by atomic mass is 32.2. The van der Waals surface area contributed by atoms with Crippen molar-refractivity contribution < 1.29 is 0 Å². The molecule has 1 aliphatic heterocycles. The van der Waals surface area contributed by atoms with E-state index in [1.165, 1.54) is 21.8 Å². The van der Waals surface area contributed by atoms with Gasteiger partial charge >= 0.3 is 0 Å². The molecule has 1 nitrogen and oxygen atoms in total. The van der Waals surface area contributed by atoms with Gasteiger partial charge in [-0.15, -0.1) is 11.8 Å². The predicted molar refractivity (Wildman–Crippen MR) is 82.8 cm³/mol. The molecule has 0 aliphatic carbocycles. The van der Waals surface area contributed by atoms with E-state index in [9.17, 15) is 0 Å². The van der Waals surface area contributed by atoms with Gasteiger partial charge in [-0.2, -0.15) is 0 Å². The zero-order chi connectivity index (χ0) is 13.1. The fraction of sp³-hybridized carbons (Fsp3) is 0.294. The second-order valence-corrected chi connectivity index (χ2v) is 6.15.